The summed E-state index contributed by atoms with van der Waals surface area (Å²) in [4.78, 5) is 38.1. The van der Waals surface area contributed by atoms with Gasteiger partial charge in [0, 0.05) is 11.5 Å². The van der Waals surface area contributed by atoms with Gasteiger partial charge in [0.1, 0.15) is 5.75 Å². The lowest BCUT2D eigenvalue weighted by molar-refractivity contribution is -0.171. The number of rotatable bonds is 3. The largest absolute Gasteiger partial charge is 0.497 e. The van der Waals surface area contributed by atoms with Crippen LogP contribution in [0.5, 0.6) is 5.75 Å². The maximum absolute atomic E-state index is 12.9. The number of carbonyl (C=O) groups is 3. The Bertz CT molecular complexity index is 727. The second-order valence-electron chi connectivity index (χ2n) is 7.30. The van der Waals surface area contributed by atoms with Gasteiger partial charge in [0.15, 0.2) is 0 Å². The molecular weight excluding hydrogens is 308 g/mol. The number of hydrazine groups is 1. The van der Waals surface area contributed by atoms with E-state index in [9.17, 15) is 14.4 Å². The van der Waals surface area contributed by atoms with E-state index in [4.69, 9.17) is 4.74 Å². The average Bonchev–Trinajstić information content (AvgIpc) is 2.76. The molecule has 3 rings (SSSR count). The topological polar surface area (TPSA) is 75.7 Å². The number of ether oxygens (including phenoxy) is 1. The molecule has 1 heterocycles. The molecule has 0 unspecified atom stereocenters. The van der Waals surface area contributed by atoms with Crippen molar-refractivity contribution in [2.24, 2.45) is 16.7 Å². The second kappa shape index (κ2) is 5.33. The highest BCUT2D eigenvalue weighted by Gasteiger charge is 2.64. The number of carbonyl (C=O) groups excluding carboxylic acids is 3. The van der Waals surface area contributed by atoms with Crippen LogP contribution >= 0.6 is 0 Å². The zero-order valence-corrected chi connectivity index (χ0v) is 14.4. The summed E-state index contributed by atoms with van der Waals surface area (Å²) in [5.41, 5.74) is 1.77. The van der Waals surface area contributed by atoms with E-state index in [1.807, 2.05) is 20.8 Å². The van der Waals surface area contributed by atoms with Gasteiger partial charge in [0.25, 0.3) is 17.7 Å². The zero-order valence-electron chi connectivity index (χ0n) is 14.4. The lowest BCUT2D eigenvalue weighted by atomic mass is 9.63. The fraction of sp³-hybridized carbons (Fsp3) is 0.500. The van der Waals surface area contributed by atoms with Crippen LogP contribution in [0.25, 0.3) is 0 Å². The first-order valence-corrected chi connectivity index (χ1v) is 8.06. The highest BCUT2D eigenvalue weighted by Crippen LogP contribution is 2.59. The third kappa shape index (κ3) is 2.12. The maximum Gasteiger partial charge on any atom is 0.270 e. The summed E-state index contributed by atoms with van der Waals surface area (Å²) < 4.78 is 5.10. The number of nitrogens with zero attached hydrogens (tertiary/aromatic N) is 1. The van der Waals surface area contributed by atoms with Crippen molar-refractivity contribution in [2.45, 2.75) is 33.6 Å². The molecule has 0 spiro atoms. The average molecular weight is 330 g/mol. The molecule has 2 bridgehead atoms. The van der Waals surface area contributed by atoms with Crippen LogP contribution in [0.2, 0.25) is 0 Å². The number of hydrogen-bond donors (Lipinski definition) is 1. The fourth-order valence-electron chi connectivity index (χ4n) is 3.85. The van der Waals surface area contributed by atoms with Crippen molar-refractivity contribution in [3.8, 4) is 5.75 Å². The minimum atomic E-state index is -0.646. The monoisotopic (exact) mass is 330 g/mol. The van der Waals surface area contributed by atoms with Crippen molar-refractivity contribution in [2.75, 3.05) is 7.11 Å². The summed E-state index contributed by atoms with van der Waals surface area (Å²) in [6, 6.07) is 6.57. The molecular formula is C18H22N2O4. The summed E-state index contributed by atoms with van der Waals surface area (Å²) in [6.45, 7) is 5.80. The number of imide groups is 1. The van der Waals surface area contributed by atoms with Crippen molar-refractivity contribution >= 4 is 17.7 Å². The van der Waals surface area contributed by atoms with E-state index in [2.05, 4.69) is 5.43 Å². The Morgan fingerprint density at radius 2 is 2.00 bits per heavy atom. The van der Waals surface area contributed by atoms with Crippen LogP contribution in [0.1, 0.15) is 44.0 Å². The van der Waals surface area contributed by atoms with Crippen LogP contribution < -0.4 is 10.2 Å². The van der Waals surface area contributed by atoms with Crippen LogP contribution in [-0.4, -0.2) is 29.8 Å². The van der Waals surface area contributed by atoms with E-state index in [-0.39, 0.29) is 17.7 Å². The Hall–Kier alpha value is -2.37. The first-order valence-electron chi connectivity index (χ1n) is 8.06. The molecule has 6 heteroatoms. The molecule has 1 aliphatic heterocycles. The van der Waals surface area contributed by atoms with Gasteiger partial charge in [-0.15, -0.1) is 0 Å². The molecule has 6 nitrogen and oxygen atoms in total. The van der Waals surface area contributed by atoms with Gasteiger partial charge in [0.05, 0.1) is 12.5 Å². The highest BCUT2D eigenvalue weighted by molar-refractivity contribution is 6.06. The van der Waals surface area contributed by atoms with Crippen molar-refractivity contribution in [3.05, 3.63) is 29.8 Å². The molecule has 1 N–H and O–H groups in total. The molecule has 1 aromatic carbocycles. The zero-order chi connectivity index (χ0) is 17.7. The summed E-state index contributed by atoms with van der Waals surface area (Å²) >= 11 is 0. The Kier molecular flexibility index (Phi) is 3.66. The molecule has 24 heavy (non-hydrogen) atoms. The normalized spacial score (nSPS) is 28.0. The smallest absolute Gasteiger partial charge is 0.270 e. The molecule has 2 fully saturated rings. The lowest BCUT2D eigenvalue weighted by Crippen LogP contribution is -2.63. The Morgan fingerprint density at radius 3 is 2.67 bits per heavy atom. The fourth-order valence-corrected chi connectivity index (χ4v) is 3.85. The van der Waals surface area contributed by atoms with Gasteiger partial charge in [0.2, 0.25) is 0 Å². The minimum absolute atomic E-state index is 0.259. The molecule has 1 saturated heterocycles. The SMILES string of the molecule is COc1cccc(C(=O)NN2C(=O)[C@H]3CC[C@@](C)(C2=O)C3(C)C)c1. The molecule has 2 atom stereocenters. The predicted octanol–water partition coefficient (Wildman–Crippen LogP) is 2.15. The number of nitrogens with one attached hydrogen (secondary N) is 1. The molecule has 1 saturated carbocycles. The van der Waals surface area contributed by atoms with E-state index >= 15 is 0 Å². The highest BCUT2D eigenvalue weighted by atomic mass is 16.5. The van der Waals surface area contributed by atoms with E-state index in [0.29, 0.717) is 24.2 Å². The van der Waals surface area contributed by atoms with Gasteiger partial charge in [-0.2, -0.15) is 5.01 Å². The second-order valence-corrected chi connectivity index (χ2v) is 7.30. The molecule has 2 aliphatic rings. The molecule has 3 amide bonds. The summed E-state index contributed by atoms with van der Waals surface area (Å²) in [5.74, 6) is -0.880. The number of methoxy groups -OCH3 is 1. The number of piperidine rings is 1. The number of amides is 3. The number of fused-ring (bicyclic) bond motifs is 2. The standard InChI is InChI=1S/C18H22N2O4/c1-17(2)13-8-9-18(17,3)16(23)20(15(13)22)19-14(21)11-6-5-7-12(10-11)24-4/h5-7,10,13H,8-9H2,1-4H3,(H,19,21)/t13-,18+/m1/s1. The van der Waals surface area contributed by atoms with Crippen molar-refractivity contribution in [1.82, 2.24) is 10.4 Å². The number of hydrogen-bond acceptors (Lipinski definition) is 4. The first-order chi connectivity index (χ1) is 11.2. The van der Waals surface area contributed by atoms with E-state index in [1.165, 1.54) is 7.11 Å². The molecule has 1 aliphatic carbocycles. The molecule has 0 aromatic heterocycles. The molecule has 1 aromatic rings. The maximum atomic E-state index is 12.9. The molecule has 0 radical (unpaired) electrons. The molecule has 128 valence electrons. The van der Waals surface area contributed by atoms with Crippen LogP contribution in [0.15, 0.2) is 24.3 Å². The predicted molar refractivity (Wildman–Crippen MR) is 86.9 cm³/mol. The Labute approximate surface area is 141 Å². The van der Waals surface area contributed by atoms with Gasteiger partial charge >= 0.3 is 0 Å². The van der Waals surface area contributed by atoms with E-state index in [0.717, 1.165) is 5.01 Å². The first kappa shape index (κ1) is 16.5. The lowest BCUT2D eigenvalue weighted by Gasteiger charge is -2.47. The van der Waals surface area contributed by atoms with Gasteiger partial charge in [-0.3, -0.25) is 19.8 Å². The third-order valence-corrected chi connectivity index (χ3v) is 5.97. The van der Waals surface area contributed by atoms with Crippen molar-refractivity contribution in [3.63, 3.8) is 0 Å². The van der Waals surface area contributed by atoms with Crippen LogP contribution in [-0.2, 0) is 9.59 Å². The van der Waals surface area contributed by atoms with Crippen molar-refractivity contribution < 1.29 is 19.1 Å². The minimum Gasteiger partial charge on any atom is -0.497 e. The quantitative estimate of drug-likeness (QED) is 0.862. The van der Waals surface area contributed by atoms with Crippen LogP contribution in [0.4, 0.5) is 0 Å². The van der Waals surface area contributed by atoms with Crippen LogP contribution in [0, 0.1) is 16.7 Å². The van der Waals surface area contributed by atoms with Gasteiger partial charge in [-0.1, -0.05) is 26.8 Å². The summed E-state index contributed by atoms with van der Waals surface area (Å²) in [6.07, 6.45) is 1.32. The van der Waals surface area contributed by atoms with E-state index < -0.39 is 16.7 Å². The van der Waals surface area contributed by atoms with Gasteiger partial charge in [-0.05, 0) is 36.5 Å². The van der Waals surface area contributed by atoms with Gasteiger partial charge in [-0.25, -0.2) is 0 Å². The number of benzene rings is 1. The summed E-state index contributed by atoms with van der Waals surface area (Å²) in [5, 5.41) is 0.921. The summed E-state index contributed by atoms with van der Waals surface area (Å²) in [7, 11) is 1.51. The Balaban J connectivity index is 1.87. The Morgan fingerprint density at radius 1 is 1.29 bits per heavy atom. The third-order valence-electron chi connectivity index (χ3n) is 5.97. The van der Waals surface area contributed by atoms with Crippen molar-refractivity contribution in [1.29, 1.82) is 0 Å². The van der Waals surface area contributed by atoms with Gasteiger partial charge < -0.3 is 4.74 Å². The van der Waals surface area contributed by atoms with Crippen LogP contribution in [0.3, 0.4) is 0 Å². The van der Waals surface area contributed by atoms with E-state index in [1.54, 1.807) is 24.3 Å².